The molecule has 1 aromatic heterocycles. The molecule has 3 rings (SSSR count). The zero-order chi connectivity index (χ0) is 21.2. The van der Waals surface area contributed by atoms with Gasteiger partial charge in [-0.25, -0.2) is 0 Å². The Balaban J connectivity index is 1.76. The first-order valence-electron chi connectivity index (χ1n) is 8.86. The van der Waals surface area contributed by atoms with Gasteiger partial charge >= 0.3 is 11.0 Å². The summed E-state index contributed by atoms with van der Waals surface area (Å²) in [4.78, 5) is 24.9. The number of carbonyl (C=O) groups is 1. The lowest BCUT2D eigenvalue weighted by atomic mass is 10.1. The maximum atomic E-state index is 12.8. The van der Waals surface area contributed by atoms with E-state index in [1.165, 1.54) is 16.7 Å². The number of hydrogen-bond acceptors (Lipinski definition) is 3. The molecule has 152 valence electrons. The van der Waals surface area contributed by atoms with Crippen LogP contribution in [0.4, 0.5) is 13.2 Å². The Morgan fingerprint density at radius 1 is 1.10 bits per heavy atom. The fraction of sp³-hybridized carbons (Fsp3) is 0.238. The van der Waals surface area contributed by atoms with E-state index >= 15 is 0 Å². The zero-order valence-electron chi connectivity index (χ0n) is 15.8. The first-order chi connectivity index (χ1) is 13.7. The van der Waals surface area contributed by atoms with Crippen molar-refractivity contribution < 1.29 is 18.0 Å². The molecule has 0 aliphatic heterocycles. The summed E-state index contributed by atoms with van der Waals surface area (Å²) < 4.78 is 40.0. The van der Waals surface area contributed by atoms with Crippen molar-refractivity contribution in [2.24, 2.45) is 0 Å². The van der Waals surface area contributed by atoms with Crippen molar-refractivity contribution in [2.45, 2.75) is 33.1 Å². The number of nitrogens with one attached hydrogen (secondary N) is 1. The molecule has 0 fully saturated rings. The number of alkyl halides is 3. The maximum absolute atomic E-state index is 12.8. The Bertz CT molecular complexity index is 1100. The molecule has 0 aliphatic rings. The molecule has 0 unspecified atom stereocenters. The van der Waals surface area contributed by atoms with E-state index < -0.39 is 17.6 Å². The van der Waals surface area contributed by atoms with Crippen LogP contribution >= 0.6 is 11.3 Å². The third kappa shape index (κ3) is 4.76. The van der Waals surface area contributed by atoms with E-state index in [4.69, 9.17) is 0 Å². The molecule has 0 saturated heterocycles. The number of aromatic nitrogens is 1. The average molecular weight is 420 g/mol. The van der Waals surface area contributed by atoms with Gasteiger partial charge in [0, 0.05) is 12.2 Å². The van der Waals surface area contributed by atoms with E-state index in [0.29, 0.717) is 17.8 Å². The van der Waals surface area contributed by atoms with Gasteiger partial charge in [0.15, 0.2) is 0 Å². The minimum atomic E-state index is -4.44. The summed E-state index contributed by atoms with van der Waals surface area (Å²) >= 11 is 0.832. The van der Waals surface area contributed by atoms with Crippen LogP contribution in [0.1, 0.15) is 37.6 Å². The number of nitrogens with zero attached hydrogens (tertiary/aromatic N) is 1. The molecule has 3 aromatic rings. The van der Waals surface area contributed by atoms with Crippen molar-refractivity contribution >= 4 is 17.2 Å². The Kier molecular flexibility index (Phi) is 5.93. The van der Waals surface area contributed by atoms with E-state index in [0.717, 1.165) is 34.6 Å². The highest BCUT2D eigenvalue weighted by molar-refractivity contribution is 7.11. The minimum absolute atomic E-state index is 0.0634. The largest absolute Gasteiger partial charge is 0.416 e. The van der Waals surface area contributed by atoms with Crippen LogP contribution in [0.25, 0.3) is 0 Å². The SMILES string of the molecule is Cc1ccccc1Cn1c(C)c(C(=O)NCc2cccc(C(F)(F)F)c2)sc1=O. The lowest BCUT2D eigenvalue weighted by Crippen LogP contribution is -2.23. The van der Waals surface area contributed by atoms with Crippen molar-refractivity contribution in [1.29, 1.82) is 0 Å². The topological polar surface area (TPSA) is 51.1 Å². The fourth-order valence-corrected chi connectivity index (χ4v) is 3.86. The van der Waals surface area contributed by atoms with Gasteiger partial charge < -0.3 is 5.32 Å². The number of halogens is 3. The van der Waals surface area contributed by atoms with E-state index in [2.05, 4.69) is 5.32 Å². The van der Waals surface area contributed by atoms with Crippen LogP contribution in [0.3, 0.4) is 0 Å². The van der Waals surface area contributed by atoms with Gasteiger partial charge in [-0.05, 0) is 42.7 Å². The summed E-state index contributed by atoms with van der Waals surface area (Å²) in [7, 11) is 0. The van der Waals surface area contributed by atoms with Crippen LogP contribution in [0.2, 0.25) is 0 Å². The van der Waals surface area contributed by atoms with Gasteiger partial charge in [0.2, 0.25) is 0 Å². The minimum Gasteiger partial charge on any atom is -0.347 e. The second kappa shape index (κ2) is 8.24. The number of thiazole rings is 1. The number of hydrogen-bond donors (Lipinski definition) is 1. The molecule has 1 amide bonds. The maximum Gasteiger partial charge on any atom is 0.416 e. The first kappa shape index (κ1) is 20.9. The second-order valence-corrected chi connectivity index (χ2v) is 7.64. The number of carbonyl (C=O) groups excluding carboxylic acids is 1. The van der Waals surface area contributed by atoms with Crippen molar-refractivity contribution in [2.75, 3.05) is 0 Å². The molecular weight excluding hydrogens is 401 g/mol. The van der Waals surface area contributed by atoms with Crippen LogP contribution in [0.15, 0.2) is 53.3 Å². The molecular formula is C21H19F3N2O2S. The lowest BCUT2D eigenvalue weighted by molar-refractivity contribution is -0.137. The highest BCUT2D eigenvalue weighted by Gasteiger charge is 2.30. The Morgan fingerprint density at radius 2 is 1.83 bits per heavy atom. The van der Waals surface area contributed by atoms with Crippen molar-refractivity contribution in [3.05, 3.63) is 91.0 Å². The zero-order valence-corrected chi connectivity index (χ0v) is 16.7. The quantitative estimate of drug-likeness (QED) is 0.660. The van der Waals surface area contributed by atoms with Gasteiger partial charge in [0.25, 0.3) is 5.91 Å². The predicted molar refractivity (Wildman–Crippen MR) is 106 cm³/mol. The Hall–Kier alpha value is -2.87. The molecule has 4 nitrogen and oxygen atoms in total. The fourth-order valence-electron chi connectivity index (χ4n) is 2.95. The van der Waals surface area contributed by atoms with Crippen molar-refractivity contribution in [3.63, 3.8) is 0 Å². The second-order valence-electron chi connectivity index (χ2n) is 6.68. The first-order valence-corrected chi connectivity index (χ1v) is 9.67. The highest BCUT2D eigenvalue weighted by Crippen LogP contribution is 2.29. The molecule has 29 heavy (non-hydrogen) atoms. The molecule has 0 radical (unpaired) electrons. The van der Waals surface area contributed by atoms with E-state index in [9.17, 15) is 22.8 Å². The van der Waals surface area contributed by atoms with Crippen LogP contribution in [0, 0.1) is 13.8 Å². The summed E-state index contributed by atoms with van der Waals surface area (Å²) in [6, 6.07) is 12.5. The summed E-state index contributed by atoms with van der Waals surface area (Å²) in [5, 5.41) is 2.60. The molecule has 1 heterocycles. The third-order valence-electron chi connectivity index (χ3n) is 4.65. The van der Waals surface area contributed by atoms with Crippen LogP contribution in [0.5, 0.6) is 0 Å². The molecule has 0 atom stereocenters. The van der Waals surface area contributed by atoms with Gasteiger partial charge in [0.1, 0.15) is 4.88 Å². The Labute approximate surface area is 169 Å². The third-order valence-corrected chi connectivity index (χ3v) is 5.73. The normalized spacial score (nSPS) is 11.5. The van der Waals surface area contributed by atoms with Gasteiger partial charge in [-0.3, -0.25) is 14.2 Å². The molecule has 0 spiro atoms. The number of aryl methyl sites for hydroxylation is 1. The lowest BCUT2D eigenvalue weighted by Gasteiger charge is -2.10. The molecule has 0 aliphatic carbocycles. The number of rotatable bonds is 5. The van der Waals surface area contributed by atoms with Crippen LogP contribution in [-0.4, -0.2) is 10.5 Å². The van der Waals surface area contributed by atoms with Crippen molar-refractivity contribution in [1.82, 2.24) is 9.88 Å². The van der Waals surface area contributed by atoms with E-state index in [1.807, 2.05) is 31.2 Å². The van der Waals surface area contributed by atoms with Gasteiger partial charge in [0.05, 0.1) is 12.1 Å². The summed E-state index contributed by atoms with van der Waals surface area (Å²) in [5.74, 6) is -0.481. The molecule has 1 N–H and O–H groups in total. The van der Waals surface area contributed by atoms with Crippen LogP contribution < -0.4 is 10.2 Å². The van der Waals surface area contributed by atoms with Gasteiger partial charge in [-0.15, -0.1) is 0 Å². The molecule has 8 heteroatoms. The standard InChI is InChI=1S/C21H19F3N2O2S/c1-13-6-3-4-8-16(13)12-26-14(2)18(29-20(26)28)19(27)25-11-15-7-5-9-17(10-15)21(22,23)24/h3-10H,11-12H2,1-2H3,(H,25,27). The van der Waals surface area contributed by atoms with E-state index in [1.54, 1.807) is 6.92 Å². The van der Waals surface area contributed by atoms with Crippen LogP contribution in [-0.2, 0) is 19.3 Å². The smallest absolute Gasteiger partial charge is 0.347 e. The van der Waals surface area contributed by atoms with Gasteiger partial charge in [-0.1, -0.05) is 47.7 Å². The molecule has 2 aromatic carbocycles. The summed E-state index contributed by atoms with van der Waals surface area (Å²) in [5.41, 5.74) is 2.11. The summed E-state index contributed by atoms with van der Waals surface area (Å²) in [6.07, 6.45) is -4.44. The summed E-state index contributed by atoms with van der Waals surface area (Å²) in [6.45, 7) is 3.93. The number of benzene rings is 2. The van der Waals surface area contributed by atoms with Gasteiger partial charge in [-0.2, -0.15) is 13.2 Å². The Morgan fingerprint density at radius 3 is 2.52 bits per heavy atom. The average Bonchev–Trinajstić information content (AvgIpc) is 2.95. The van der Waals surface area contributed by atoms with E-state index in [-0.39, 0.29) is 16.3 Å². The molecule has 0 saturated carbocycles. The monoisotopic (exact) mass is 420 g/mol. The van der Waals surface area contributed by atoms with Crippen molar-refractivity contribution in [3.8, 4) is 0 Å². The predicted octanol–water partition coefficient (Wildman–Crippen LogP) is 4.52. The molecule has 0 bridgehead atoms. The highest BCUT2D eigenvalue weighted by atomic mass is 32.1. The number of amides is 1.